The Labute approximate surface area is 236 Å². The number of rotatable bonds is 9. The minimum absolute atomic E-state index is 0.321. The van der Waals surface area contributed by atoms with E-state index in [-0.39, 0.29) is 5.82 Å². The third-order valence-electron chi connectivity index (χ3n) is 7.26. The van der Waals surface area contributed by atoms with Crippen LogP contribution in [-0.4, -0.2) is 44.1 Å². The zero-order valence-electron chi connectivity index (χ0n) is 22.1. The van der Waals surface area contributed by atoms with Crippen LogP contribution in [0.25, 0.3) is 10.9 Å². The molecule has 1 saturated carbocycles. The van der Waals surface area contributed by atoms with Gasteiger partial charge in [0.05, 0.1) is 45.2 Å². The van der Waals surface area contributed by atoms with Crippen molar-refractivity contribution >= 4 is 41.7 Å². The highest BCUT2D eigenvalue weighted by Gasteiger charge is 2.34. The lowest BCUT2D eigenvalue weighted by Gasteiger charge is -2.31. The van der Waals surface area contributed by atoms with E-state index < -0.39 is 5.44 Å². The molecule has 0 aliphatic heterocycles. The Morgan fingerprint density at radius 3 is 2.73 bits per heavy atom. The molecule has 9 nitrogen and oxygen atoms in total. The molecule has 1 aliphatic rings. The molecule has 2 aromatic carbocycles. The molecular weight excluding hydrogens is 528 g/mol. The Bertz CT molecular complexity index is 1740. The van der Waals surface area contributed by atoms with Crippen LogP contribution in [-0.2, 0) is 18.9 Å². The van der Waals surface area contributed by atoms with Gasteiger partial charge in [-0.1, -0.05) is 28.9 Å². The summed E-state index contributed by atoms with van der Waals surface area (Å²) in [7, 11) is 3.86. The van der Waals surface area contributed by atoms with Crippen molar-refractivity contribution in [2.75, 3.05) is 17.2 Å². The van der Waals surface area contributed by atoms with Gasteiger partial charge >= 0.3 is 0 Å². The van der Waals surface area contributed by atoms with Gasteiger partial charge in [-0.05, 0) is 48.7 Å². The fourth-order valence-electron chi connectivity index (χ4n) is 4.90. The highest BCUT2D eigenvalue weighted by Crippen LogP contribution is 2.38. The molecule has 5 aromatic rings. The molecule has 2 N–H and O–H groups in total. The molecular formula is C28H26BClFN9. The van der Waals surface area contributed by atoms with E-state index in [9.17, 15) is 9.65 Å². The minimum atomic E-state index is -0.856. The van der Waals surface area contributed by atoms with Crippen molar-refractivity contribution in [3.05, 3.63) is 94.4 Å². The van der Waals surface area contributed by atoms with Gasteiger partial charge in [0, 0.05) is 43.5 Å². The number of anilines is 2. The van der Waals surface area contributed by atoms with Gasteiger partial charge < -0.3 is 10.6 Å². The number of hydrogen-bond acceptors (Lipinski definition) is 7. The van der Waals surface area contributed by atoms with Gasteiger partial charge in [-0.2, -0.15) is 10.4 Å². The molecule has 0 saturated heterocycles. The van der Waals surface area contributed by atoms with Crippen LogP contribution >= 0.6 is 11.6 Å². The number of aromatic nitrogens is 6. The third kappa shape index (κ3) is 4.98. The molecule has 1 aliphatic carbocycles. The minimum Gasteiger partial charge on any atom is -0.383 e. The van der Waals surface area contributed by atoms with Crippen LogP contribution in [0.15, 0.2) is 61.1 Å². The molecule has 6 rings (SSSR count). The van der Waals surface area contributed by atoms with Crippen LogP contribution in [0.4, 0.5) is 15.8 Å². The van der Waals surface area contributed by atoms with Crippen molar-refractivity contribution < 1.29 is 4.39 Å². The molecule has 0 bridgehead atoms. The van der Waals surface area contributed by atoms with Crippen molar-refractivity contribution in [1.82, 2.24) is 29.8 Å². The topological polar surface area (TPSA) is 109 Å². The summed E-state index contributed by atoms with van der Waals surface area (Å²) in [4.78, 5) is 4.47. The summed E-state index contributed by atoms with van der Waals surface area (Å²) in [6, 6.07) is 14.6. The highest BCUT2D eigenvalue weighted by atomic mass is 35.5. The van der Waals surface area contributed by atoms with Crippen molar-refractivity contribution in [2.24, 2.45) is 7.05 Å². The maximum atomic E-state index is 13.9. The lowest BCUT2D eigenvalue weighted by molar-refractivity contribution is 0.610. The maximum Gasteiger partial charge on any atom is 0.148 e. The van der Waals surface area contributed by atoms with Crippen molar-refractivity contribution in [2.45, 2.75) is 30.7 Å². The van der Waals surface area contributed by atoms with Crippen LogP contribution in [0.2, 0.25) is 5.02 Å². The van der Waals surface area contributed by atoms with Gasteiger partial charge in [-0.3, -0.25) is 9.67 Å². The number of fused-ring (bicyclic) bond motifs is 1. The molecule has 1 atom stereocenters. The van der Waals surface area contributed by atoms with E-state index in [4.69, 9.17) is 11.6 Å². The van der Waals surface area contributed by atoms with Crippen LogP contribution in [0.5, 0.6) is 0 Å². The number of nitrogens with zero attached hydrogens (tertiary/aromatic N) is 7. The first kappa shape index (κ1) is 25.8. The molecule has 0 spiro atoms. The van der Waals surface area contributed by atoms with Crippen molar-refractivity contribution in [3.63, 3.8) is 0 Å². The van der Waals surface area contributed by atoms with E-state index in [1.54, 1.807) is 22.9 Å². The second-order valence-electron chi connectivity index (χ2n) is 10.2. The average Bonchev–Trinajstić information content (AvgIpc) is 3.51. The van der Waals surface area contributed by atoms with E-state index in [1.807, 2.05) is 44.1 Å². The Morgan fingerprint density at radius 1 is 1.23 bits per heavy atom. The quantitative estimate of drug-likeness (QED) is 0.264. The summed E-state index contributed by atoms with van der Waals surface area (Å²) in [5.41, 5.74) is 3.93. The average molecular weight is 554 g/mol. The number of halogens is 2. The largest absolute Gasteiger partial charge is 0.383 e. The number of nitrogens with one attached hydrogen (secondary N) is 2. The molecule has 200 valence electrons. The van der Waals surface area contributed by atoms with Crippen molar-refractivity contribution in [1.29, 1.82) is 5.26 Å². The first-order chi connectivity index (χ1) is 19.3. The van der Waals surface area contributed by atoms with Gasteiger partial charge in [0.1, 0.15) is 25.4 Å². The summed E-state index contributed by atoms with van der Waals surface area (Å²) >= 11 is 6.75. The van der Waals surface area contributed by atoms with Crippen LogP contribution in [0.3, 0.4) is 0 Å². The molecule has 1 fully saturated rings. The Balaban J connectivity index is 1.39. The van der Waals surface area contributed by atoms with Gasteiger partial charge in [0.25, 0.3) is 0 Å². The third-order valence-corrected chi connectivity index (χ3v) is 7.54. The smallest absolute Gasteiger partial charge is 0.148 e. The Morgan fingerprint density at radius 2 is 2.02 bits per heavy atom. The number of benzene rings is 2. The van der Waals surface area contributed by atoms with Crippen LogP contribution in [0.1, 0.15) is 41.4 Å². The fourth-order valence-corrected chi connectivity index (χ4v) is 5.17. The lowest BCUT2D eigenvalue weighted by Crippen LogP contribution is -2.37. The van der Waals surface area contributed by atoms with E-state index in [0.29, 0.717) is 57.6 Å². The lowest BCUT2D eigenvalue weighted by atomic mass is 9.69. The maximum absolute atomic E-state index is 13.9. The molecule has 40 heavy (non-hydrogen) atoms. The summed E-state index contributed by atoms with van der Waals surface area (Å²) in [5, 5.41) is 31.3. The molecule has 0 amide bonds. The van der Waals surface area contributed by atoms with Gasteiger partial charge in [-0.25, -0.2) is 9.07 Å². The molecule has 3 heterocycles. The summed E-state index contributed by atoms with van der Waals surface area (Å²) < 4.78 is 17.5. The van der Waals surface area contributed by atoms with E-state index in [2.05, 4.69) is 37.1 Å². The Hall–Kier alpha value is -4.43. The second-order valence-corrected chi connectivity index (χ2v) is 10.6. The standard InChI is InChI=1S/C28H26BClFN9/c1-39-11-9-20(37-39)8-10-33-26-17(14-32)15-34-27-23(26)12-21(13-24(27)30)35-28(29,18-2-4-19(31)5-3-18)25-16-40(38-36-25)22-6-7-22/h2-5,9,11-13,15-16,22,35H,6-8,10,29H2,1H3,(H,33,34). The molecule has 0 radical (unpaired) electrons. The highest BCUT2D eigenvalue weighted by molar-refractivity contribution is 6.36. The molecule has 12 heteroatoms. The number of aryl methyl sites for hydroxylation is 1. The number of pyridine rings is 1. The van der Waals surface area contributed by atoms with E-state index in [0.717, 1.165) is 24.1 Å². The summed E-state index contributed by atoms with van der Waals surface area (Å²) in [6.45, 7) is 0.567. The summed E-state index contributed by atoms with van der Waals surface area (Å²) in [5.74, 6) is -0.321. The van der Waals surface area contributed by atoms with Gasteiger partial charge in [0.15, 0.2) is 0 Å². The summed E-state index contributed by atoms with van der Waals surface area (Å²) in [6.07, 6.45) is 8.21. The zero-order valence-corrected chi connectivity index (χ0v) is 22.8. The SMILES string of the molecule is BC(Nc1cc(Cl)c2ncc(C#N)c(NCCc3ccn(C)n3)c2c1)(c1ccc(F)cc1)c1cn(C2CC2)nn1. The van der Waals surface area contributed by atoms with E-state index in [1.165, 1.54) is 18.3 Å². The van der Waals surface area contributed by atoms with Crippen molar-refractivity contribution in [3.8, 4) is 6.07 Å². The monoisotopic (exact) mass is 553 g/mol. The van der Waals surface area contributed by atoms with Crippen LogP contribution < -0.4 is 10.6 Å². The predicted molar refractivity (Wildman–Crippen MR) is 155 cm³/mol. The normalized spacial score (nSPS) is 14.6. The second kappa shape index (κ2) is 10.3. The van der Waals surface area contributed by atoms with Gasteiger partial charge in [0.2, 0.25) is 0 Å². The van der Waals surface area contributed by atoms with Gasteiger partial charge in [-0.15, -0.1) is 5.10 Å². The molecule has 1 unspecified atom stereocenters. The first-order valence-corrected chi connectivity index (χ1v) is 13.4. The number of nitriles is 1. The number of hydrogen-bond donors (Lipinski definition) is 2. The zero-order chi connectivity index (χ0) is 27.9. The molecule has 3 aromatic heterocycles. The van der Waals surface area contributed by atoms with E-state index >= 15 is 0 Å². The fraction of sp³-hybridized carbons (Fsp3) is 0.250. The van der Waals surface area contributed by atoms with Crippen LogP contribution in [0, 0.1) is 17.1 Å². The Kier molecular flexibility index (Phi) is 6.64. The predicted octanol–water partition coefficient (Wildman–Crippen LogP) is 4.16. The first-order valence-electron chi connectivity index (χ1n) is 13.1.